The zero-order chi connectivity index (χ0) is 14.4. The van der Waals surface area contributed by atoms with E-state index >= 15 is 0 Å². The number of carbonyl (C=O) groups excluding carboxylic acids is 1. The van der Waals surface area contributed by atoms with Gasteiger partial charge in [-0.05, 0) is 43.9 Å². The number of hydrogen-bond acceptors (Lipinski definition) is 4. The Labute approximate surface area is 122 Å². The molecule has 1 N–H and O–H groups in total. The molecule has 2 aliphatic heterocycles. The number of fused-ring (bicyclic) bond motifs is 3. The van der Waals surface area contributed by atoms with Gasteiger partial charge in [0, 0.05) is 24.8 Å². The number of hydrogen-bond donors (Lipinski definition) is 1. The van der Waals surface area contributed by atoms with E-state index in [9.17, 15) is 4.79 Å². The summed E-state index contributed by atoms with van der Waals surface area (Å²) in [5.74, 6) is 0.113. The van der Waals surface area contributed by atoms with Gasteiger partial charge in [0.25, 0.3) is 5.91 Å². The van der Waals surface area contributed by atoms with Crippen LogP contribution in [0.1, 0.15) is 36.0 Å². The summed E-state index contributed by atoms with van der Waals surface area (Å²) in [6, 6.07) is 6.14. The molecule has 110 valence electrons. The number of aromatic nitrogens is 3. The fraction of sp³-hybridized carbons (Fsp3) is 0.533. The maximum atomic E-state index is 12.8. The van der Waals surface area contributed by atoms with Crippen molar-refractivity contribution in [2.75, 3.05) is 7.11 Å². The van der Waals surface area contributed by atoms with Crippen LogP contribution in [-0.4, -0.2) is 51.5 Å². The standard InChI is InChI=1S/C15H18N4O2/c1-21-12-7-10-3-4-11(8-12)19(10)15(20)9-2-5-13-14(6-9)17-18-16-13/h2,5-6,10-12H,3-4,7-8H2,1H3,(H,16,17,18)/t10-,11+,12?. The zero-order valence-electron chi connectivity index (χ0n) is 12.0. The van der Waals surface area contributed by atoms with Crippen molar-refractivity contribution < 1.29 is 9.53 Å². The molecule has 2 saturated heterocycles. The largest absolute Gasteiger partial charge is 0.381 e. The third-order valence-electron chi connectivity index (χ3n) is 4.82. The average molecular weight is 286 g/mol. The topological polar surface area (TPSA) is 71.1 Å². The van der Waals surface area contributed by atoms with Crippen LogP contribution in [0.25, 0.3) is 11.0 Å². The van der Waals surface area contributed by atoms with Crippen LogP contribution in [-0.2, 0) is 4.74 Å². The Balaban J connectivity index is 1.62. The quantitative estimate of drug-likeness (QED) is 0.913. The van der Waals surface area contributed by atoms with Crippen molar-refractivity contribution in [3.8, 4) is 0 Å². The van der Waals surface area contributed by atoms with Crippen molar-refractivity contribution in [1.29, 1.82) is 0 Å². The molecule has 6 nitrogen and oxygen atoms in total. The van der Waals surface area contributed by atoms with E-state index in [0.29, 0.717) is 23.8 Å². The third kappa shape index (κ3) is 2.01. The predicted molar refractivity (Wildman–Crippen MR) is 76.9 cm³/mol. The van der Waals surface area contributed by atoms with Crippen LogP contribution >= 0.6 is 0 Å². The normalized spacial score (nSPS) is 28.2. The molecule has 4 rings (SSSR count). The van der Waals surface area contributed by atoms with Gasteiger partial charge in [-0.2, -0.15) is 15.4 Å². The van der Waals surface area contributed by atoms with Gasteiger partial charge in [0.2, 0.25) is 0 Å². The highest BCUT2D eigenvalue weighted by molar-refractivity contribution is 5.97. The smallest absolute Gasteiger partial charge is 0.254 e. The lowest BCUT2D eigenvalue weighted by Gasteiger charge is -2.38. The molecule has 3 heterocycles. The molecule has 6 heteroatoms. The second-order valence-electron chi connectivity index (χ2n) is 5.95. The van der Waals surface area contributed by atoms with Crippen molar-refractivity contribution in [1.82, 2.24) is 20.3 Å². The van der Waals surface area contributed by atoms with E-state index in [1.54, 1.807) is 7.11 Å². The molecule has 3 atom stereocenters. The third-order valence-corrected chi connectivity index (χ3v) is 4.82. The summed E-state index contributed by atoms with van der Waals surface area (Å²) in [5, 5.41) is 10.7. The maximum Gasteiger partial charge on any atom is 0.254 e. The summed E-state index contributed by atoms with van der Waals surface area (Å²) >= 11 is 0. The van der Waals surface area contributed by atoms with Gasteiger partial charge in [-0.3, -0.25) is 4.79 Å². The van der Waals surface area contributed by atoms with Crippen LogP contribution in [0.15, 0.2) is 18.2 Å². The first kappa shape index (κ1) is 12.8. The molecule has 2 aromatic rings. The monoisotopic (exact) mass is 286 g/mol. The Bertz CT molecular complexity index is 669. The summed E-state index contributed by atoms with van der Waals surface area (Å²) in [7, 11) is 1.76. The van der Waals surface area contributed by atoms with Gasteiger partial charge in [-0.25, -0.2) is 0 Å². The number of carbonyl (C=O) groups is 1. The van der Waals surface area contributed by atoms with E-state index in [1.807, 2.05) is 18.2 Å². The number of nitrogens with zero attached hydrogens (tertiary/aromatic N) is 3. The van der Waals surface area contributed by atoms with Crippen LogP contribution in [0.2, 0.25) is 0 Å². The first-order valence-electron chi connectivity index (χ1n) is 7.42. The van der Waals surface area contributed by atoms with Crippen molar-refractivity contribution in [2.24, 2.45) is 0 Å². The highest BCUT2D eigenvalue weighted by Crippen LogP contribution is 2.37. The van der Waals surface area contributed by atoms with Crippen LogP contribution in [0.4, 0.5) is 0 Å². The molecule has 2 bridgehead atoms. The number of benzene rings is 1. The van der Waals surface area contributed by atoms with Gasteiger partial charge >= 0.3 is 0 Å². The van der Waals surface area contributed by atoms with E-state index in [-0.39, 0.29) is 5.91 Å². The molecule has 2 fully saturated rings. The lowest BCUT2D eigenvalue weighted by Crippen LogP contribution is -2.48. The molecule has 1 aromatic heterocycles. The van der Waals surface area contributed by atoms with Crippen molar-refractivity contribution in [2.45, 2.75) is 43.9 Å². The van der Waals surface area contributed by atoms with Gasteiger partial charge in [-0.15, -0.1) is 0 Å². The maximum absolute atomic E-state index is 12.8. The fourth-order valence-electron chi connectivity index (χ4n) is 3.77. The molecule has 0 saturated carbocycles. The lowest BCUT2D eigenvalue weighted by molar-refractivity contribution is 0.00823. The summed E-state index contributed by atoms with van der Waals surface area (Å²) < 4.78 is 5.49. The zero-order valence-corrected chi connectivity index (χ0v) is 12.0. The fourth-order valence-corrected chi connectivity index (χ4v) is 3.77. The van der Waals surface area contributed by atoms with E-state index < -0.39 is 0 Å². The Kier molecular flexibility index (Phi) is 2.92. The van der Waals surface area contributed by atoms with Crippen LogP contribution in [0.3, 0.4) is 0 Å². The lowest BCUT2D eigenvalue weighted by atomic mass is 9.98. The van der Waals surface area contributed by atoms with E-state index in [0.717, 1.165) is 36.7 Å². The SMILES string of the molecule is COC1C[C@H]2CC[C@@H](C1)N2C(=O)c1ccc2n[nH]nc2c1. The molecule has 1 aromatic carbocycles. The summed E-state index contributed by atoms with van der Waals surface area (Å²) in [5.41, 5.74) is 2.22. The number of rotatable bonds is 2. The number of piperidine rings is 1. The number of ether oxygens (including phenoxy) is 1. The minimum atomic E-state index is 0.113. The first-order chi connectivity index (χ1) is 10.3. The summed E-state index contributed by atoms with van der Waals surface area (Å²) in [4.78, 5) is 14.9. The van der Waals surface area contributed by atoms with Crippen LogP contribution in [0, 0.1) is 0 Å². The number of nitrogens with one attached hydrogen (secondary N) is 1. The average Bonchev–Trinajstić information content (AvgIpc) is 3.08. The molecule has 1 amide bonds. The number of methoxy groups -OCH3 is 1. The summed E-state index contributed by atoms with van der Waals surface area (Å²) in [6.07, 6.45) is 4.37. The number of H-pyrrole nitrogens is 1. The first-order valence-corrected chi connectivity index (χ1v) is 7.42. The second kappa shape index (κ2) is 4.80. The van der Waals surface area contributed by atoms with Gasteiger partial charge < -0.3 is 9.64 Å². The molecule has 0 aliphatic carbocycles. The molecule has 21 heavy (non-hydrogen) atoms. The van der Waals surface area contributed by atoms with Crippen molar-refractivity contribution >= 4 is 16.9 Å². The number of aromatic amines is 1. The molecule has 1 unspecified atom stereocenters. The summed E-state index contributed by atoms with van der Waals surface area (Å²) in [6.45, 7) is 0. The predicted octanol–water partition coefficient (Wildman–Crippen LogP) is 1.74. The van der Waals surface area contributed by atoms with Crippen molar-refractivity contribution in [3.05, 3.63) is 23.8 Å². The van der Waals surface area contributed by atoms with E-state index in [1.165, 1.54) is 0 Å². The van der Waals surface area contributed by atoms with Gasteiger partial charge in [-0.1, -0.05) is 0 Å². The van der Waals surface area contributed by atoms with Gasteiger partial charge in [0.1, 0.15) is 11.0 Å². The number of amides is 1. The Hall–Kier alpha value is -1.95. The van der Waals surface area contributed by atoms with Crippen molar-refractivity contribution in [3.63, 3.8) is 0 Å². The van der Waals surface area contributed by atoms with Crippen LogP contribution in [0.5, 0.6) is 0 Å². The second-order valence-corrected chi connectivity index (χ2v) is 5.95. The molecular weight excluding hydrogens is 268 g/mol. The minimum Gasteiger partial charge on any atom is -0.381 e. The highest BCUT2D eigenvalue weighted by Gasteiger charge is 2.43. The molecule has 2 aliphatic rings. The molecule has 0 radical (unpaired) electrons. The Morgan fingerprint density at radius 2 is 1.95 bits per heavy atom. The minimum absolute atomic E-state index is 0.113. The highest BCUT2D eigenvalue weighted by atomic mass is 16.5. The van der Waals surface area contributed by atoms with Gasteiger partial charge in [0.05, 0.1) is 6.10 Å². The Morgan fingerprint density at radius 1 is 1.24 bits per heavy atom. The molecular formula is C15H18N4O2. The van der Waals surface area contributed by atoms with E-state index in [4.69, 9.17) is 4.74 Å². The Morgan fingerprint density at radius 3 is 2.67 bits per heavy atom. The van der Waals surface area contributed by atoms with Crippen LogP contribution < -0.4 is 0 Å². The van der Waals surface area contributed by atoms with E-state index in [2.05, 4.69) is 20.3 Å². The van der Waals surface area contributed by atoms with Gasteiger partial charge in [0.15, 0.2) is 0 Å². The molecule has 0 spiro atoms.